The predicted molar refractivity (Wildman–Crippen MR) is 95.9 cm³/mol. The fraction of sp³-hybridized carbons (Fsp3) is 0.333. The Balaban J connectivity index is 1.73. The van der Waals surface area contributed by atoms with Crippen LogP contribution in [-0.4, -0.2) is 21.2 Å². The molecule has 1 amide bonds. The van der Waals surface area contributed by atoms with Gasteiger partial charge in [0, 0.05) is 16.0 Å². The second-order valence-corrected chi connectivity index (χ2v) is 7.35. The Morgan fingerprint density at radius 1 is 1.23 bits per heavy atom. The number of benzene rings is 1. The van der Waals surface area contributed by atoms with E-state index in [0.29, 0.717) is 33.8 Å². The second-order valence-electron chi connectivity index (χ2n) is 6.92. The molecule has 0 fully saturated rings. The summed E-state index contributed by atoms with van der Waals surface area (Å²) in [7, 11) is 0. The predicted octanol–water partition coefficient (Wildman–Crippen LogP) is 3.91. The third-order valence-corrected chi connectivity index (χ3v) is 3.99. The molecule has 136 valence electrons. The monoisotopic (exact) mass is 374 g/mol. The molecule has 1 aromatic carbocycles. The highest BCUT2D eigenvalue weighted by atomic mass is 35.5. The van der Waals surface area contributed by atoms with Crippen LogP contribution in [-0.2, 0) is 12.0 Å². The first-order chi connectivity index (χ1) is 12.3. The zero-order chi connectivity index (χ0) is 18.9. The van der Waals surface area contributed by atoms with Crippen LogP contribution in [0.3, 0.4) is 0 Å². The van der Waals surface area contributed by atoms with Gasteiger partial charge >= 0.3 is 0 Å². The topological polar surface area (TPSA) is 94.1 Å². The average molecular weight is 375 g/mol. The molecule has 0 aliphatic rings. The van der Waals surface area contributed by atoms with Gasteiger partial charge in [0.1, 0.15) is 17.0 Å². The fourth-order valence-corrected chi connectivity index (χ4v) is 2.66. The molecule has 0 spiro atoms. The van der Waals surface area contributed by atoms with E-state index in [2.05, 4.69) is 20.6 Å². The van der Waals surface area contributed by atoms with E-state index in [-0.39, 0.29) is 17.9 Å². The van der Waals surface area contributed by atoms with Crippen molar-refractivity contribution in [1.82, 2.24) is 20.6 Å². The Kier molecular flexibility index (Phi) is 4.82. The third kappa shape index (κ3) is 3.77. The van der Waals surface area contributed by atoms with E-state index in [0.717, 1.165) is 5.56 Å². The molecule has 1 N–H and O–H groups in total. The zero-order valence-electron chi connectivity index (χ0n) is 15.0. The van der Waals surface area contributed by atoms with Crippen LogP contribution in [0.5, 0.6) is 0 Å². The average Bonchev–Trinajstić information content (AvgIpc) is 3.19. The third-order valence-electron chi connectivity index (χ3n) is 3.75. The minimum Gasteiger partial charge on any atom is -0.361 e. The van der Waals surface area contributed by atoms with Crippen LogP contribution in [0.25, 0.3) is 11.4 Å². The van der Waals surface area contributed by atoms with Crippen molar-refractivity contribution in [2.45, 2.75) is 39.7 Å². The number of aromatic nitrogens is 3. The Morgan fingerprint density at radius 3 is 2.69 bits per heavy atom. The highest BCUT2D eigenvalue weighted by Gasteiger charge is 2.28. The van der Waals surface area contributed by atoms with Gasteiger partial charge in [0.15, 0.2) is 0 Å². The summed E-state index contributed by atoms with van der Waals surface area (Å²) >= 11 is 5.97. The van der Waals surface area contributed by atoms with Crippen LogP contribution < -0.4 is 5.32 Å². The molecular formula is C18H19ClN4O3. The molecule has 7 nitrogen and oxygen atoms in total. The summed E-state index contributed by atoms with van der Waals surface area (Å²) in [5.41, 5.74) is 1.47. The largest absolute Gasteiger partial charge is 0.361 e. The summed E-state index contributed by atoms with van der Waals surface area (Å²) in [4.78, 5) is 16.8. The second kappa shape index (κ2) is 6.92. The number of carbonyl (C=O) groups is 1. The molecule has 2 heterocycles. The van der Waals surface area contributed by atoms with Crippen molar-refractivity contribution in [3.05, 3.63) is 52.2 Å². The van der Waals surface area contributed by atoms with Crippen LogP contribution in [0.4, 0.5) is 0 Å². The fourth-order valence-electron chi connectivity index (χ4n) is 2.47. The van der Waals surface area contributed by atoms with Gasteiger partial charge in [-0.05, 0) is 19.1 Å². The molecule has 0 aliphatic heterocycles. The van der Waals surface area contributed by atoms with E-state index >= 15 is 0 Å². The number of halogens is 1. The van der Waals surface area contributed by atoms with Gasteiger partial charge < -0.3 is 14.4 Å². The van der Waals surface area contributed by atoms with Crippen molar-refractivity contribution in [1.29, 1.82) is 0 Å². The van der Waals surface area contributed by atoms with E-state index < -0.39 is 0 Å². The van der Waals surface area contributed by atoms with E-state index in [1.807, 2.05) is 26.8 Å². The van der Waals surface area contributed by atoms with Crippen LogP contribution >= 0.6 is 11.6 Å². The first-order valence-corrected chi connectivity index (χ1v) is 8.47. The molecule has 8 heteroatoms. The van der Waals surface area contributed by atoms with Gasteiger partial charge in [0.05, 0.1) is 6.54 Å². The van der Waals surface area contributed by atoms with Crippen LogP contribution in [0, 0.1) is 6.92 Å². The Hall–Kier alpha value is -2.67. The molecular weight excluding hydrogens is 356 g/mol. The number of nitrogens with one attached hydrogen (secondary N) is 1. The number of aryl methyl sites for hydroxylation is 1. The Bertz CT molecular complexity index is 940. The SMILES string of the molecule is Cc1onc(C(C)(C)C)c1C(=O)NCc1nc(-c2cccc(Cl)c2)no1. The maximum Gasteiger partial charge on any atom is 0.257 e. The van der Waals surface area contributed by atoms with Gasteiger partial charge in [-0.25, -0.2) is 0 Å². The molecule has 26 heavy (non-hydrogen) atoms. The van der Waals surface area contributed by atoms with Gasteiger partial charge in [0.25, 0.3) is 5.91 Å². The summed E-state index contributed by atoms with van der Waals surface area (Å²) < 4.78 is 10.4. The molecule has 0 aliphatic carbocycles. The molecule has 0 radical (unpaired) electrons. The molecule has 3 aromatic rings. The highest BCUT2D eigenvalue weighted by Crippen LogP contribution is 2.27. The maximum atomic E-state index is 12.6. The lowest BCUT2D eigenvalue weighted by atomic mass is 9.88. The molecule has 3 rings (SSSR count). The summed E-state index contributed by atoms with van der Waals surface area (Å²) in [6.07, 6.45) is 0. The lowest BCUT2D eigenvalue weighted by Crippen LogP contribution is -2.27. The minimum absolute atomic E-state index is 0.0978. The molecule has 2 aromatic heterocycles. The molecule has 0 bridgehead atoms. The molecule has 0 atom stereocenters. The van der Waals surface area contributed by atoms with E-state index in [4.69, 9.17) is 20.6 Å². The quantitative estimate of drug-likeness (QED) is 0.743. The van der Waals surface area contributed by atoms with Crippen LogP contribution in [0.1, 0.15) is 48.5 Å². The van der Waals surface area contributed by atoms with Crippen molar-refractivity contribution in [2.75, 3.05) is 0 Å². The van der Waals surface area contributed by atoms with Gasteiger partial charge in [0.2, 0.25) is 11.7 Å². The zero-order valence-corrected chi connectivity index (χ0v) is 15.7. The normalized spacial score (nSPS) is 11.6. The number of rotatable bonds is 4. The maximum absolute atomic E-state index is 12.6. The Morgan fingerprint density at radius 2 is 2.00 bits per heavy atom. The van der Waals surface area contributed by atoms with Gasteiger partial charge in [-0.15, -0.1) is 0 Å². The van der Waals surface area contributed by atoms with Gasteiger partial charge in [-0.1, -0.05) is 54.8 Å². The first kappa shape index (κ1) is 18.1. The molecule has 0 saturated carbocycles. The standard InChI is InChI=1S/C18H19ClN4O3/c1-10-14(15(22-25-10)18(2,3)4)17(24)20-9-13-21-16(23-26-13)11-6-5-7-12(19)8-11/h5-8H,9H2,1-4H3,(H,20,24). The number of carbonyl (C=O) groups excluding carboxylic acids is 1. The first-order valence-electron chi connectivity index (χ1n) is 8.09. The van der Waals surface area contributed by atoms with Crippen molar-refractivity contribution >= 4 is 17.5 Å². The number of hydrogen-bond donors (Lipinski definition) is 1. The highest BCUT2D eigenvalue weighted by molar-refractivity contribution is 6.30. The van der Waals surface area contributed by atoms with Crippen molar-refractivity contribution in [3.63, 3.8) is 0 Å². The van der Waals surface area contributed by atoms with Crippen LogP contribution in [0.15, 0.2) is 33.3 Å². The molecule has 0 saturated heterocycles. The summed E-state index contributed by atoms with van der Waals surface area (Å²) in [6, 6.07) is 7.14. The lowest BCUT2D eigenvalue weighted by Gasteiger charge is -2.16. The van der Waals surface area contributed by atoms with Crippen molar-refractivity contribution in [2.24, 2.45) is 0 Å². The van der Waals surface area contributed by atoms with Crippen molar-refractivity contribution < 1.29 is 13.8 Å². The minimum atomic E-state index is -0.311. The summed E-state index contributed by atoms with van der Waals surface area (Å²) in [6.45, 7) is 7.71. The lowest BCUT2D eigenvalue weighted by molar-refractivity contribution is 0.0943. The number of amides is 1. The smallest absolute Gasteiger partial charge is 0.257 e. The van der Waals surface area contributed by atoms with Gasteiger partial charge in [-0.3, -0.25) is 4.79 Å². The molecule has 0 unspecified atom stereocenters. The summed E-state index contributed by atoms with van der Waals surface area (Å²) in [5.74, 6) is 0.877. The van der Waals surface area contributed by atoms with Crippen LogP contribution in [0.2, 0.25) is 5.02 Å². The van der Waals surface area contributed by atoms with E-state index in [9.17, 15) is 4.79 Å². The number of nitrogens with zero attached hydrogens (tertiary/aromatic N) is 3. The van der Waals surface area contributed by atoms with Crippen molar-refractivity contribution in [3.8, 4) is 11.4 Å². The Labute approximate surface area is 155 Å². The number of hydrogen-bond acceptors (Lipinski definition) is 6. The van der Waals surface area contributed by atoms with E-state index in [1.54, 1.807) is 25.1 Å². The summed E-state index contributed by atoms with van der Waals surface area (Å²) in [5, 5.41) is 11.3. The van der Waals surface area contributed by atoms with E-state index in [1.165, 1.54) is 0 Å². The van der Waals surface area contributed by atoms with Gasteiger partial charge in [-0.2, -0.15) is 4.98 Å².